The van der Waals surface area contributed by atoms with E-state index >= 15 is 0 Å². The number of aryl methyl sites for hydroxylation is 1. The van der Waals surface area contributed by atoms with Gasteiger partial charge < -0.3 is 0 Å². The van der Waals surface area contributed by atoms with Gasteiger partial charge in [-0.25, -0.2) is 0 Å². The van der Waals surface area contributed by atoms with Crippen LogP contribution in [0.3, 0.4) is 0 Å². The minimum Gasteiger partial charge on any atom is -0.269 e. The molecule has 0 aromatic carbocycles. The largest absolute Gasteiger partial charge is 0.269 e. The Hall–Kier alpha value is 0.170. The second-order valence-electron chi connectivity index (χ2n) is 2.22. The van der Waals surface area contributed by atoms with Gasteiger partial charge in [-0.1, -0.05) is 31.9 Å². The number of alkyl halides is 2. The summed E-state index contributed by atoms with van der Waals surface area (Å²) >= 11 is 6.80. The summed E-state index contributed by atoms with van der Waals surface area (Å²) in [6.07, 6.45) is 2.96. The molecular formula is C7H10Br2N2. The molecule has 0 aliphatic heterocycles. The lowest BCUT2D eigenvalue weighted by atomic mass is 10.4. The SMILES string of the molecule is BrCCCn1nccc1CBr. The fraction of sp³-hybridized carbons (Fsp3) is 0.571. The summed E-state index contributed by atoms with van der Waals surface area (Å²) in [6, 6.07) is 2.03. The van der Waals surface area contributed by atoms with Gasteiger partial charge in [-0.3, -0.25) is 4.68 Å². The van der Waals surface area contributed by atoms with Crippen LogP contribution in [0.2, 0.25) is 0 Å². The maximum Gasteiger partial charge on any atom is 0.0492 e. The Kier molecular flexibility index (Phi) is 4.15. The quantitative estimate of drug-likeness (QED) is 0.776. The Labute approximate surface area is 83.2 Å². The zero-order valence-electron chi connectivity index (χ0n) is 6.13. The average molecular weight is 282 g/mol. The highest BCUT2D eigenvalue weighted by Crippen LogP contribution is 2.05. The fourth-order valence-electron chi connectivity index (χ4n) is 0.884. The Bertz CT molecular complexity index is 210. The molecule has 0 aliphatic rings. The first-order valence-electron chi connectivity index (χ1n) is 3.51. The van der Waals surface area contributed by atoms with Gasteiger partial charge in [0.25, 0.3) is 0 Å². The summed E-state index contributed by atoms with van der Waals surface area (Å²) in [6.45, 7) is 0.999. The van der Waals surface area contributed by atoms with Crippen molar-refractivity contribution in [1.29, 1.82) is 0 Å². The van der Waals surface area contributed by atoms with Crippen molar-refractivity contribution in [3.63, 3.8) is 0 Å². The van der Waals surface area contributed by atoms with Crippen molar-refractivity contribution in [1.82, 2.24) is 9.78 Å². The van der Waals surface area contributed by atoms with Gasteiger partial charge in [0.15, 0.2) is 0 Å². The summed E-state index contributed by atoms with van der Waals surface area (Å²) in [5.74, 6) is 0. The van der Waals surface area contributed by atoms with E-state index in [-0.39, 0.29) is 0 Å². The Morgan fingerprint density at radius 2 is 2.27 bits per heavy atom. The Morgan fingerprint density at radius 1 is 1.45 bits per heavy atom. The van der Waals surface area contributed by atoms with Gasteiger partial charge in [-0.15, -0.1) is 0 Å². The van der Waals surface area contributed by atoms with Crippen LogP contribution in [0.25, 0.3) is 0 Å². The van der Waals surface area contributed by atoms with Gasteiger partial charge in [-0.2, -0.15) is 5.10 Å². The molecule has 62 valence electrons. The maximum absolute atomic E-state index is 4.19. The van der Waals surface area contributed by atoms with Crippen LogP contribution in [0, 0.1) is 0 Å². The lowest BCUT2D eigenvalue weighted by Crippen LogP contribution is -2.03. The maximum atomic E-state index is 4.19. The molecule has 1 rings (SSSR count). The summed E-state index contributed by atoms with van der Waals surface area (Å²) in [4.78, 5) is 0. The molecule has 0 amide bonds. The molecule has 0 radical (unpaired) electrons. The predicted octanol–water partition coefficient (Wildman–Crippen LogP) is 2.56. The van der Waals surface area contributed by atoms with Gasteiger partial charge >= 0.3 is 0 Å². The van der Waals surface area contributed by atoms with Crippen LogP contribution in [0.4, 0.5) is 0 Å². The highest BCUT2D eigenvalue weighted by molar-refractivity contribution is 9.09. The normalized spacial score (nSPS) is 10.4. The van der Waals surface area contributed by atoms with Crippen LogP contribution in [-0.2, 0) is 11.9 Å². The molecule has 1 aromatic rings. The smallest absolute Gasteiger partial charge is 0.0492 e. The van der Waals surface area contributed by atoms with Crippen molar-refractivity contribution < 1.29 is 0 Å². The zero-order valence-corrected chi connectivity index (χ0v) is 9.31. The third-order valence-electron chi connectivity index (χ3n) is 1.44. The molecule has 2 nitrogen and oxygen atoms in total. The molecule has 4 heteroatoms. The van der Waals surface area contributed by atoms with Crippen molar-refractivity contribution >= 4 is 31.9 Å². The van der Waals surface area contributed by atoms with Gasteiger partial charge in [0.2, 0.25) is 0 Å². The number of rotatable bonds is 4. The monoisotopic (exact) mass is 280 g/mol. The molecule has 0 bridgehead atoms. The number of hydrogen-bond acceptors (Lipinski definition) is 1. The molecule has 0 saturated carbocycles. The van der Waals surface area contributed by atoms with Crippen LogP contribution >= 0.6 is 31.9 Å². The molecule has 0 N–H and O–H groups in total. The minimum absolute atomic E-state index is 0.884. The van der Waals surface area contributed by atoms with Gasteiger partial charge in [0, 0.05) is 29.1 Å². The average Bonchev–Trinajstić information content (AvgIpc) is 2.47. The van der Waals surface area contributed by atoms with Crippen LogP contribution in [0.15, 0.2) is 12.3 Å². The van der Waals surface area contributed by atoms with Gasteiger partial charge in [0.05, 0.1) is 0 Å². The van der Waals surface area contributed by atoms with Crippen LogP contribution in [-0.4, -0.2) is 15.1 Å². The van der Waals surface area contributed by atoms with Crippen molar-refractivity contribution in [2.45, 2.75) is 18.3 Å². The van der Waals surface area contributed by atoms with Gasteiger partial charge in [-0.05, 0) is 12.5 Å². The fourth-order valence-corrected chi connectivity index (χ4v) is 1.61. The lowest BCUT2D eigenvalue weighted by Gasteiger charge is -2.02. The van der Waals surface area contributed by atoms with E-state index in [1.165, 1.54) is 5.69 Å². The highest BCUT2D eigenvalue weighted by Gasteiger charge is 1.98. The van der Waals surface area contributed by atoms with E-state index in [9.17, 15) is 0 Å². The first-order chi connectivity index (χ1) is 5.38. The zero-order chi connectivity index (χ0) is 8.10. The number of nitrogens with zero attached hydrogens (tertiary/aromatic N) is 2. The number of halogens is 2. The second kappa shape index (κ2) is 4.93. The van der Waals surface area contributed by atoms with Crippen molar-refractivity contribution in [2.24, 2.45) is 0 Å². The van der Waals surface area contributed by atoms with Crippen molar-refractivity contribution in [3.05, 3.63) is 18.0 Å². The summed E-state index contributed by atoms with van der Waals surface area (Å²) in [7, 11) is 0. The van der Waals surface area contributed by atoms with Crippen LogP contribution < -0.4 is 0 Å². The third kappa shape index (κ3) is 2.60. The molecule has 0 saturated heterocycles. The van der Waals surface area contributed by atoms with Crippen LogP contribution in [0.1, 0.15) is 12.1 Å². The highest BCUT2D eigenvalue weighted by atomic mass is 79.9. The van der Waals surface area contributed by atoms with E-state index in [2.05, 4.69) is 37.0 Å². The Morgan fingerprint density at radius 3 is 2.91 bits per heavy atom. The standard InChI is InChI=1S/C7H10Br2N2/c8-3-1-5-11-7(6-9)2-4-10-11/h2,4H,1,3,5-6H2. The molecule has 0 aliphatic carbocycles. The van der Waals surface area contributed by atoms with E-state index < -0.39 is 0 Å². The van der Waals surface area contributed by atoms with E-state index in [1.807, 2.05) is 16.9 Å². The molecule has 1 aromatic heterocycles. The first kappa shape index (κ1) is 9.26. The number of aromatic nitrogens is 2. The molecule has 0 fully saturated rings. The van der Waals surface area contributed by atoms with E-state index in [1.54, 1.807) is 0 Å². The molecule has 0 spiro atoms. The third-order valence-corrected chi connectivity index (χ3v) is 2.58. The molecule has 0 atom stereocenters. The predicted molar refractivity (Wildman–Crippen MR) is 53.3 cm³/mol. The Balaban J connectivity index is 2.54. The van der Waals surface area contributed by atoms with E-state index in [4.69, 9.17) is 0 Å². The van der Waals surface area contributed by atoms with Crippen molar-refractivity contribution in [3.8, 4) is 0 Å². The number of hydrogen-bond donors (Lipinski definition) is 0. The minimum atomic E-state index is 0.884. The topological polar surface area (TPSA) is 17.8 Å². The van der Waals surface area contributed by atoms with Crippen LogP contribution in [0.5, 0.6) is 0 Å². The molecule has 0 unspecified atom stereocenters. The first-order valence-corrected chi connectivity index (χ1v) is 5.75. The summed E-state index contributed by atoms with van der Waals surface area (Å²) in [5, 5.41) is 6.11. The van der Waals surface area contributed by atoms with Crippen molar-refractivity contribution in [2.75, 3.05) is 5.33 Å². The molecule has 11 heavy (non-hydrogen) atoms. The van der Waals surface area contributed by atoms with E-state index in [0.717, 1.165) is 23.6 Å². The molecule has 1 heterocycles. The van der Waals surface area contributed by atoms with E-state index in [0.29, 0.717) is 0 Å². The van der Waals surface area contributed by atoms with Gasteiger partial charge in [0.1, 0.15) is 0 Å². The summed E-state index contributed by atoms with van der Waals surface area (Å²) in [5.41, 5.74) is 1.24. The summed E-state index contributed by atoms with van der Waals surface area (Å²) < 4.78 is 2.02. The lowest BCUT2D eigenvalue weighted by molar-refractivity contribution is 0.590. The second-order valence-corrected chi connectivity index (χ2v) is 3.58. The molecular weight excluding hydrogens is 272 g/mol.